The van der Waals surface area contributed by atoms with Crippen molar-refractivity contribution in [2.75, 3.05) is 4.90 Å². The molecular formula is C61H68N4OPt. The van der Waals surface area contributed by atoms with E-state index in [0.29, 0.717) is 17.9 Å². The van der Waals surface area contributed by atoms with Gasteiger partial charge in [-0.1, -0.05) is 134 Å². The molecule has 0 saturated carbocycles. The Hall–Kier alpha value is -4.99. The molecule has 0 unspecified atom stereocenters. The van der Waals surface area contributed by atoms with Crippen molar-refractivity contribution in [3.63, 3.8) is 0 Å². The van der Waals surface area contributed by atoms with Gasteiger partial charge in [-0.15, -0.1) is 40.8 Å². The van der Waals surface area contributed by atoms with Crippen LogP contribution in [-0.2, 0) is 60.3 Å². The first-order valence-electron chi connectivity index (χ1n) is 24.9. The van der Waals surface area contributed by atoms with Crippen molar-refractivity contribution in [2.24, 2.45) is 4.99 Å². The van der Waals surface area contributed by atoms with Crippen molar-refractivity contribution in [3.05, 3.63) is 158 Å². The Morgan fingerprint density at radius 2 is 1.40 bits per heavy atom. The zero-order valence-corrected chi connectivity index (χ0v) is 45.0. The predicted octanol–water partition coefficient (Wildman–Crippen LogP) is 15.1. The van der Waals surface area contributed by atoms with Gasteiger partial charge in [0.05, 0.1) is 5.54 Å². The van der Waals surface area contributed by atoms with Crippen LogP contribution in [0.1, 0.15) is 160 Å². The maximum Gasteiger partial charge on any atom is 2.00 e. The van der Waals surface area contributed by atoms with Crippen LogP contribution < -0.4 is 4.90 Å². The number of benzene rings is 5. The number of nitrogens with zero attached hydrogens (tertiary/aromatic N) is 4. The van der Waals surface area contributed by atoms with Gasteiger partial charge in [-0.3, -0.25) is 4.99 Å². The number of aromatic nitrogens is 2. The Labute approximate surface area is 417 Å². The van der Waals surface area contributed by atoms with Crippen molar-refractivity contribution < 1.29 is 28.5 Å². The van der Waals surface area contributed by atoms with Crippen LogP contribution in [0, 0.1) is 39.8 Å². The molecule has 0 amide bonds. The number of ether oxygens (including phenoxy) is 1. The molecule has 67 heavy (non-hydrogen) atoms. The molecule has 10 rings (SSSR count). The third kappa shape index (κ3) is 7.35. The van der Waals surface area contributed by atoms with Crippen LogP contribution in [0.3, 0.4) is 0 Å². The van der Waals surface area contributed by atoms with Gasteiger partial charge in [0.15, 0.2) is 0 Å². The Morgan fingerprint density at radius 1 is 0.716 bits per heavy atom. The number of aliphatic imine (C=N–C) groups is 1. The van der Waals surface area contributed by atoms with Crippen LogP contribution in [0.2, 0.25) is 0 Å². The maximum atomic E-state index is 9.98. The largest absolute Gasteiger partial charge is 2.00 e. The summed E-state index contributed by atoms with van der Waals surface area (Å²) in [6.07, 6.45) is 0.656. The van der Waals surface area contributed by atoms with Crippen molar-refractivity contribution in [3.8, 4) is 5.82 Å². The molecular weight excluding hydrogens is 1000 g/mol. The van der Waals surface area contributed by atoms with Crippen LogP contribution in [0.5, 0.6) is 0 Å². The smallest absolute Gasteiger partial charge is 0.511 e. The van der Waals surface area contributed by atoms with Gasteiger partial charge < -0.3 is 14.2 Å². The second-order valence-corrected chi connectivity index (χ2v) is 23.8. The molecule has 2 atom stereocenters. The fourth-order valence-electron chi connectivity index (χ4n) is 11.3. The minimum Gasteiger partial charge on any atom is -0.511 e. The Bertz CT molecular complexity index is 3340. The SMILES string of the molecule is [2H]C1([2H])c2cc(C)c(C(C)(C)C)c(C)c2C[C@]2(C)OC(c3[c-]c(N4c5[c-]c6c(cc5C(C)(C)c5cc(C)ccc54)c4cc(C)ccc4n6-c4cc(C(C)(C)C)ccn4)cc(C(C)(C)C)c3)=N[C@@]12C.[Pt+2]. The van der Waals surface area contributed by atoms with E-state index in [0.717, 1.165) is 67.1 Å². The van der Waals surface area contributed by atoms with E-state index in [1.807, 2.05) is 13.1 Å². The molecule has 348 valence electrons. The second kappa shape index (κ2) is 15.3. The molecule has 3 aliphatic rings. The van der Waals surface area contributed by atoms with E-state index in [9.17, 15) is 2.74 Å². The monoisotopic (exact) mass is 1070 g/mol. The van der Waals surface area contributed by atoms with E-state index in [-0.39, 0.29) is 42.7 Å². The molecule has 0 saturated heterocycles. The quantitative estimate of drug-likeness (QED) is 0.166. The molecule has 0 radical (unpaired) electrons. The third-order valence-electron chi connectivity index (χ3n) is 15.2. The van der Waals surface area contributed by atoms with Gasteiger partial charge in [0.1, 0.15) is 17.3 Å². The van der Waals surface area contributed by atoms with Gasteiger partial charge in [-0.05, 0) is 137 Å². The van der Waals surface area contributed by atoms with E-state index in [1.165, 1.54) is 38.8 Å². The summed E-state index contributed by atoms with van der Waals surface area (Å²) in [6, 6.07) is 34.8. The van der Waals surface area contributed by atoms with E-state index in [4.69, 9.17) is 14.7 Å². The normalized spacial score (nSPS) is 21.1. The molecule has 5 aromatic carbocycles. The summed E-state index contributed by atoms with van der Waals surface area (Å²) in [5.41, 5.74) is 15.0. The van der Waals surface area contributed by atoms with Crippen LogP contribution >= 0.6 is 0 Å². The summed E-state index contributed by atoms with van der Waals surface area (Å²) in [7, 11) is 0. The van der Waals surface area contributed by atoms with E-state index in [2.05, 4.69) is 205 Å². The number of anilines is 3. The minimum absolute atomic E-state index is 0. The standard InChI is InChI=1S/C61H68N4O.Pt/c1-35-18-20-49-44(24-35)45-31-48-52(32-51(45)65(49)53-30-41(22-23-62-53)56(5,6)7)64(50-21-19-36(2)25-47(50)59(48,14)15)43-28-39(27-42(29-43)57(8,9)10)55-63-60(16)33-40-26-37(3)54(58(11,12)13)38(4)46(40)34-61(60,17)66-55;/h18-27,29-31H,33-34H2,1-17H3;/q-2;+2/t60-,61-;/m0./s1/i33D2;. The van der Waals surface area contributed by atoms with Crippen LogP contribution in [0.25, 0.3) is 27.6 Å². The van der Waals surface area contributed by atoms with E-state index >= 15 is 0 Å². The molecule has 6 heteroatoms. The molecule has 0 spiro atoms. The van der Waals surface area contributed by atoms with Crippen LogP contribution in [-0.4, -0.2) is 26.6 Å². The van der Waals surface area contributed by atoms with E-state index < -0.39 is 17.5 Å². The average molecular weight is 1070 g/mol. The third-order valence-corrected chi connectivity index (χ3v) is 15.2. The van der Waals surface area contributed by atoms with Gasteiger partial charge in [-0.2, -0.15) is 6.07 Å². The number of fused-ring (bicyclic) bond motifs is 7. The van der Waals surface area contributed by atoms with Gasteiger partial charge in [-0.25, -0.2) is 4.98 Å². The summed E-state index contributed by atoms with van der Waals surface area (Å²) < 4.78 is 29.4. The Balaban J connectivity index is 0.00000593. The molecule has 2 aliphatic heterocycles. The molecule has 0 N–H and O–H groups in total. The Kier molecular flexibility index (Phi) is 10.1. The maximum absolute atomic E-state index is 9.98. The summed E-state index contributed by atoms with van der Waals surface area (Å²) in [5.74, 6) is 1.28. The molecule has 2 aromatic heterocycles. The first-order chi connectivity index (χ1) is 31.5. The van der Waals surface area contributed by atoms with Crippen LogP contribution in [0.15, 0.2) is 84.0 Å². The molecule has 0 fully saturated rings. The summed E-state index contributed by atoms with van der Waals surface area (Å²) in [5, 5.41) is 2.31. The van der Waals surface area contributed by atoms with Gasteiger partial charge >= 0.3 is 21.1 Å². The number of aryl methyl sites for hydroxylation is 3. The summed E-state index contributed by atoms with van der Waals surface area (Å²) in [4.78, 5) is 12.8. The summed E-state index contributed by atoms with van der Waals surface area (Å²) >= 11 is 0. The first-order valence-corrected chi connectivity index (χ1v) is 23.9. The molecule has 1 aliphatic carbocycles. The molecule has 4 heterocycles. The number of pyridine rings is 1. The summed E-state index contributed by atoms with van der Waals surface area (Å²) in [6.45, 7) is 37.5. The zero-order chi connectivity index (χ0) is 49.2. The van der Waals surface area contributed by atoms with Gasteiger partial charge in [0.25, 0.3) is 0 Å². The van der Waals surface area contributed by atoms with Crippen molar-refractivity contribution in [1.29, 1.82) is 0 Å². The van der Waals surface area contributed by atoms with Crippen molar-refractivity contribution in [2.45, 2.75) is 163 Å². The molecule has 7 aromatic rings. The molecule has 0 bridgehead atoms. The van der Waals surface area contributed by atoms with E-state index in [1.54, 1.807) is 0 Å². The van der Waals surface area contributed by atoms with Crippen molar-refractivity contribution >= 4 is 44.8 Å². The number of hydrogen-bond acceptors (Lipinski definition) is 4. The predicted molar refractivity (Wildman–Crippen MR) is 276 cm³/mol. The zero-order valence-electron chi connectivity index (χ0n) is 44.7. The van der Waals surface area contributed by atoms with Crippen molar-refractivity contribution in [1.82, 2.24) is 9.55 Å². The number of rotatable bonds is 3. The fraction of sp³-hybridized carbons (Fsp3) is 0.410. The second-order valence-electron chi connectivity index (χ2n) is 23.8. The topological polar surface area (TPSA) is 42.6 Å². The van der Waals surface area contributed by atoms with Gasteiger partial charge in [0.2, 0.25) is 0 Å². The number of hydrogen-bond donors (Lipinski definition) is 0. The van der Waals surface area contributed by atoms with Gasteiger partial charge in [0, 0.05) is 32.9 Å². The molecule has 5 nitrogen and oxygen atoms in total. The Morgan fingerprint density at radius 3 is 2.09 bits per heavy atom. The first kappa shape index (κ1) is 44.5. The average Bonchev–Trinajstić information content (AvgIpc) is 3.70. The fourth-order valence-corrected chi connectivity index (χ4v) is 11.3. The minimum atomic E-state index is -1.82. The van der Waals surface area contributed by atoms with Crippen LogP contribution in [0.4, 0.5) is 17.1 Å².